The number of hydrogen-bond donors (Lipinski definition) is 0. The van der Waals surface area contributed by atoms with Gasteiger partial charge in [0.25, 0.3) is 0 Å². The van der Waals surface area contributed by atoms with Crippen LogP contribution in [0.1, 0.15) is 24.4 Å². The van der Waals surface area contributed by atoms with Crippen molar-refractivity contribution in [1.82, 2.24) is 14.7 Å². The summed E-state index contributed by atoms with van der Waals surface area (Å²) >= 11 is 0. The summed E-state index contributed by atoms with van der Waals surface area (Å²) in [5, 5.41) is 0. The molecule has 88 valence electrons. The van der Waals surface area contributed by atoms with Crippen LogP contribution in [0.15, 0.2) is 0 Å². The summed E-state index contributed by atoms with van der Waals surface area (Å²) < 4.78 is 22.3. The smallest absolute Gasteiger partial charge is 0.0394 e. The second-order valence-corrected chi connectivity index (χ2v) is 5.05. The van der Waals surface area contributed by atoms with Crippen LogP contribution < -0.4 is 0 Å². The first kappa shape index (κ1) is 8.04. The van der Waals surface area contributed by atoms with E-state index >= 15 is 0 Å². The van der Waals surface area contributed by atoms with Gasteiger partial charge in [-0.2, -0.15) is 0 Å². The number of likely N-dealkylation sites (N-methyl/N-ethyl adjacent to an activating group) is 1. The Morgan fingerprint density at radius 2 is 1.87 bits per heavy atom. The van der Waals surface area contributed by atoms with Crippen LogP contribution in [0, 0.1) is 0 Å². The molecule has 3 nitrogen and oxygen atoms in total. The molecule has 2 rings (SSSR count). The molecule has 0 amide bonds. The molecule has 1 atom stereocenters. The van der Waals surface area contributed by atoms with Crippen molar-refractivity contribution in [3.05, 3.63) is 0 Å². The van der Waals surface area contributed by atoms with Gasteiger partial charge in [-0.05, 0) is 27.2 Å². The van der Waals surface area contributed by atoms with Gasteiger partial charge in [-0.15, -0.1) is 0 Å². The van der Waals surface area contributed by atoms with E-state index in [1.54, 1.807) is 4.90 Å². The van der Waals surface area contributed by atoms with Crippen molar-refractivity contribution in [3.8, 4) is 0 Å². The molecule has 15 heavy (non-hydrogen) atoms. The number of rotatable bonds is 2. The standard InChI is InChI=1S/C12H25N3/c1-11(2)15-5-4-12(10-15)14-8-6-13(3)7-9-14/h11-12H,4-10H2,1-3H3/i3D3. The van der Waals surface area contributed by atoms with Gasteiger partial charge in [-0.3, -0.25) is 9.80 Å². The maximum atomic E-state index is 7.42. The lowest BCUT2D eigenvalue weighted by Gasteiger charge is -2.36. The molecule has 0 aliphatic carbocycles. The van der Waals surface area contributed by atoms with Gasteiger partial charge in [0, 0.05) is 55.5 Å². The summed E-state index contributed by atoms with van der Waals surface area (Å²) in [6.45, 7) is 8.05. The van der Waals surface area contributed by atoms with Gasteiger partial charge in [0.15, 0.2) is 0 Å². The molecular weight excluding hydrogens is 186 g/mol. The maximum Gasteiger partial charge on any atom is 0.0394 e. The summed E-state index contributed by atoms with van der Waals surface area (Å²) in [6, 6.07) is 1.25. The van der Waals surface area contributed by atoms with Crippen LogP contribution >= 0.6 is 0 Å². The predicted molar refractivity (Wildman–Crippen MR) is 64.2 cm³/mol. The summed E-state index contributed by atoms with van der Waals surface area (Å²) in [6.07, 6.45) is 1.23. The number of likely N-dealkylation sites (tertiary alicyclic amines) is 1. The van der Waals surface area contributed by atoms with Crippen molar-refractivity contribution in [2.24, 2.45) is 0 Å². The van der Waals surface area contributed by atoms with Crippen LogP contribution in [-0.4, -0.2) is 73.0 Å². The fourth-order valence-corrected chi connectivity index (χ4v) is 2.62. The Morgan fingerprint density at radius 3 is 2.40 bits per heavy atom. The molecule has 2 saturated heterocycles. The Labute approximate surface area is 98.2 Å². The summed E-state index contributed by atoms with van der Waals surface area (Å²) in [5.74, 6) is 0. The molecule has 1 unspecified atom stereocenters. The zero-order valence-corrected chi connectivity index (χ0v) is 9.95. The van der Waals surface area contributed by atoms with Gasteiger partial charge in [-0.1, -0.05) is 0 Å². The van der Waals surface area contributed by atoms with Gasteiger partial charge in [-0.25, -0.2) is 0 Å². The Morgan fingerprint density at radius 1 is 1.13 bits per heavy atom. The van der Waals surface area contributed by atoms with E-state index in [9.17, 15) is 0 Å². The fourth-order valence-electron chi connectivity index (χ4n) is 2.62. The predicted octanol–water partition coefficient (Wildman–Crippen LogP) is 0.716. The molecule has 0 aromatic heterocycles. The normalized spacial score (nSPS) is 35.4. The van der Waals surface area contributed by atoms with Gasteiger partial charge < -0.3 is 4.90 Å². The van der Waals surface area contributed by atoms with Crippen LogP contribution in [0.5, 0.6) is 0 Å². The first-order chi connectivity index (χ1) is 8.38. The third kappa shape index (κ3) is 2.71. The van der Waals surface area contributed by atoms with E-state index in [4.69, 9.17) is 4.11 Å². The first-order valence-electron chi connectivity index (χ1n) is 7.61. The summed E-state index contributed by atoms with van der Waals surface area (Å²) in [4.78, 5) is 6.62. The Hall–Kier alpha value is -0.120. The highest BCUT2D eigenvalue weighted by Crippen LogP contribution is 2.18. The van der Waals surface area contributed by atoms with Gasteiger partial charge >= 0.3 is 0 Å². The van der Waals surface area contributed by atoms with Crippen LogP contribution in [0.4, 0.5) is 0 Å². The van der Waals surface area contributed by atoms with Crippen molar-refractivity contribution in [2.45, 2.75) is 32.4 Å². The minimum Gasteiger partial charge on any atom is -0.304 e. The van der Waals surface area contributed by atoms with Gasteiger partial charge in [0.2, 0.25) is 0 Å². The second-order valence-electron chi connectivity index (χ2n) is 5.05. The number of hydrogen-bond acceptors (Lipinski definition) is 3. The van der Waals surface area contributed by atoms with Crippen molar-refractivity contribution in [2.75, 3.05) is 46.2 Å². The Balaban J connectivity index is 1.81. The summed E-state index contributed by atoms with van der Waals surface area (Å²) in [7, 11) is 0. The lowest BCUT2D eigenvalue weighted by molar-refractivity contribution is 0.110. The fraction of sp³-hybridized carbons (Fsp3) is 1.00. The van der Waals surface area contributed by atoms with E-state index in [1.807, 2.05) is 0 Å². The maximum absolute atomic E-state index is 7.42. The average molecular weight is 214 g/mol. The van der Waals surface area contributed by atoms with Crippen LogP contribution in [0.2, 0.25) is 0 Å². The Bertz CT molecular complexity index is 272. The number of nitrogens with zero attached hydrogens (tertiary/aromatic N) is 3. The topological polar surface area (TPSA) is 9.72 Å². The van der Waals surface area contributed by atoms with E-state index in [0.717, 1.165) is 19.6 Å². The molecule has 2 aliphatic heterocycles. The van der Waals surface area contributed by atoms with Crippen LogP contribution in [-0.2, 0) is 0 Å². The van der Waals surface area contributed by atoms with Gasteiger partial charge in [0.1, 0.15) is 0 Å². The number of piperazine rings is 1. The zero-order chi connectivity index (χ0) is 13.3. The first-order valence-corrected chi connectivity index (χ1v) is 6.11. The van der Waals surface area contributed by atoms with Crippen LogP contribution in [0.3, 0.4) is 0 Å². The average Bonchev–Trinajstić information content (AvgIpc) is 2.77. The Kier molecular flexibility index (Phi) is 2.58. The molecule has 0 radical (unpaired) electrons. The largest absolute Gasteiger partial charge is 0.304 e. The zero-order valence-electron chi connectivity index (χ0n) is 12.9. The van der Waals surface area contributed by atoms with Crippen molar-refractivity contribution >= 4 is 0 Å². The highest BCUT2D eigenvalue weighted by atomic mass is 15.3. The molecule has 0 saturated carbocycles. The molecule has 3 heteroatoms. The molecule has 2 aliphatic rings. The third-order valence-corrected chi connectivity index (χ3v) is 3.76. The molecule has 0 spiro atoms. The minimum atomic E-state index is -1.91. The summed E-state index contributed by atoms with van der Waals surface area (Å²) in [5.41, 5.74) is 0. The van der Waals surface area contributed by atoms with Crippen molar-refractivity contribution in [1.29, 1.82) is 0 Å². The second kappa shape index (κ2) is 4.81. The molecule has 2 heterocycles. The highest BCUT2D eigenvalue weighted by molar-refractivity contribution is 4.86. The van der Waals surface area contributed by atoms with E-state index in [2.05, 4.69) is 23.6 Å². The van der Waals surface area contributed by atoms with Crippen molar-refractivity contribution < 1.29 is 4.11 Å². The SMILES string of the molecule is [2H]C([2H])([2H])N1CCN(C2CCN(C(C)C)C2)CC1. The van der Waals surface area contributed by atoms with E-state index in [0.29, 0.717) is 25.2 Å². The lowest BCUT2D eigenvalue weighted by atomic mass is 10.2. The monoisotopic (exact) mass is 214 g/mol. The van der Waals surface area contributed by atoms with E-state index in [1.165, 1.54) is 13.0 Å². The minimum absolute atomic E-state index is 0.624. The van der Waals surface area contributed by atoms with Crippen LogP contribution in [0.25, 0.3) is 0 Å². The molecular formula is C12H25N3. The quantitative estimate of drug-likeness (QED) is 0.670. The molecule has 0 aromatic carbocycles. The molecule has 0 N–H and O–H groups in total. The third-order valence-electron chi connectivity index (χ3n) is 3.76. The van der Waals surface area contributed by atoms with Crippen molar-refractivity contribution in [3.63, 3.8) is 0 Å². The van der Waals surface area contributed by atoms with E-state index < -0.39 is 6.98 Å². The molecule has 0 aromatic rings. The van der Waals surface area contributed by atoms with Gasteiger partial charge in [0.05, 0.1) is 0 Å². The lowest BCUT2D eigenvalue weighted by Crippen LogP contribution is -2.50. The highest BCUT2D eigenvalue weighted by Gasteiger charge is 2.29. The molecule has 0 bridgehead atoms. The van der Waals surface area contributed by atoms with E-state index in [-0.39, 0.29) is 0 Å². The molecule has 2 fully saturated rings.